The molecule has 0 spiro atoms. The first kappa shape index (κ1) is 14.5. The van der Waals surface area contributed by atoms with Crippen LogP contribution in [0, 0.1) is 5.92 Å². The lowest BCUT2D eigenvalue weighted by Gasteiger charge is -2.35. The number of hydrogen-bond donors (Lipinski definition) is 1. The molecule has 0 saturated heterocycles. The number of hydrogen-bond acceptors (Lipinski definition) is 3. The second-order valence-electron chi connectivity index (χ2n) is 5.69. The number of amides is 1. The van der Waals surface area contributed by atoms with Gasteiger partial charge in [-0.15, -0.1) is 11.3 Å². The van der Waals surface area contributed by atoms with E-state index in [4.69, 9.17) is 5.73 Å². The monoisotopic (exact) mass is 280 g/mol. The van der Waals surface area contributed by atoms with Crippen LogP contribution in [0.2, 0.25) is 0 Å². The summed E-state index contributed by atoms with van der Waals surface area (Å²) in [6.07, 6.45) is 4.24. The summed E-state index contributed by atoms with van der Waals surface area (Å²) in [7, 11) is 0. The van der Waals surface area contributed by atoms with E-state index in [-0.39, 0.29) is 23.9 Å². The van der Waals surface area contributed by atoms with Crippen molar-refractivity contribution in [2.24, 2.45) is 11.7 Å². The normalized spacial score (nSPS) is 23.6. The van der Waals surface area contributed by atoms with Gasteiger partial charge in [0.25, 0.3) is 0 Å². The maximum atomic E-state index is 12.7. The molecule has 0 aromatic carbocycles. The maximum Gasteiger partial charge on any atom is 0.227 e. The van der Waals surface area contributed by atoms with Crippen LogP contribution in [0.4, 0.5) is 0 Å². The first-order valence-electron chi connectivity index (χ1n) is 7.18. The minimum Gasteiger partial charge on any atom is -0.335 e. The summed E-state index contributed by atoms with van der Waals surface area (Å²) in [5, 5.41) is 2.06. The van der Waals surface area contributed by atoms with Crippen molar-refractivity contribution in [3.63, 3.8) is 0 Å². The van der Waals surface area contributed by atoms with Crippen LogP contribution in [0.1, 0.15) is 44.4 Å². The Kier molecular flexibility index (Phi) is 4.99. The highest BCUT2D eigenvalue weighted by atomic mass is 32.1. The van der Waals surface area contributed by atoms with Gasteiger partial charge < -0.3 is 10.6 Å². The molecule has 4 heteroatoms. The van der Waals surface area contributed by atoms with Gasteiger partial charge in [-0.3, -0.25) is 4.79 Å². The van der Waals surface area contributed by atoms with E-state index in [1.807, 2.05) is 11.0 Å². The molecule has 1 aromatic heterocycles. The van der Waals surface area contributed by atoms with Crippen molar-refractivity contribution in [1.82, 2.24) is 4.90 Å². The number of rotatable bonds is 4. The van der Waals surface area contributed by atoms with Crippen LogP contribution in [0.5, 0.6) is 0 Å². The lowest BCUT2D eigenvalue weighted by Crippen LogP contribution is -2.47. The number of thiophene rings is 1. The molecule has 1 aliphatic rings. The summed E-state index contributed by atoms with van der Waals surface area (Å²) in [5.41, 5.74) is 6.15. The molecule has 19 heavy (non-hydrogen) atoms. The van der Waals surface area contributed by atoms with E-state index < -0.39 is 0 Å². The Hall–Kier alpha value is -0.870. The zero-order valence-corrected chi connectivity index (χ0v) is 12.7. The molecular weight excluding hydrogens is 256 g/mol. The quantitative estimate of drug-likeness (QED) is 0.921. The van der Waals surface area contributed by atoms with Crippen LogP contribution >= 0.6 is 11.3 Å². The highest BCUT2D eigenvalue weighted by Crippen LogP contribution is 2.26. The number of nitrogens with two attached hydrogens (primary N) is 1. The Morgan fingerprint density at radius 2 is 2.21 bits per heavy atom. The fourth-order valence-corrected chi connectivity index (χ4v) is 3.47. The Morgan fingerprint density at radius 1 is 1.47 bits per heavy atom. The Labute approximate surface area is 119 Å². The van der Waals surface area contributed by atoms with Crippen molar-refractivity contribution in [2.45, 2.75) is 58.2 Å². The van der Waals surface area contributed by atoms with Crippen LogP contribution in [-0.2, 0) is 11.3 Å². The molecule has 1 aliphatic carbocycles. The Balaban J connectivity index is 2.07. The van der Waals surface area contributed by atoms with Crippen LogP contribution in [0.3, 0.4) is 0 Å². The molecule has 2 unspecified atom stereocenters. The van der Waals surface area contributed by atoms with Crippen molar-refractivity contribution < 1.29 is 4.79 Å². The van der Waals surface area contributed by atoms with Crippen molar-refractivity contribution in [3.05, 3.63) is 22.4 Å². The van der Waals surface area contributed by atoms with Gasteiger partial charge in [0.2, 0.25) is 5.91 Å². The summed E-state index contributed by atoms with van der Waals surface area (Å²) < 4.78 is 0. The number of nitrogens with zero attached hydrogens (tertiary/aromatic N) is 1. The molecule has 2 atom stereocenters. The Bertz CT molecular complexity index is 402. The van der Waals surface area contributed by atoms with E-state index in [1.165, 1.54) is 4.88 Å². The summed E-state index contributed by atoms with van der Waals surface area (Å²) in [6, 6.07) is 4.40. The molecule has 106 valence electrons. The van der Waals surface area contributed by atoms with E-state index in [1.54, 1.807) is 11.3 Å². The topological polar surface area (TPSA) is 46.3 Å². The van der Waals surface area contributed by atoms with Gasteiger partial charge in [0.05, 0.1) is 12.5 Å². The number of carbonyl (C=O) groups is 1. The smallest absolute Gasteiger partial charge is 0.227 e. The minimum absolute atomic E-state index is 0.0242. The van der Waals surface area contributed by atoms with Gasteiger partial charge in [0, 0.05) is 17.0 Å². The lowest BCUT2D eigenvalue weighted by molar-refractivity contribution is -0.139. The highest BCUT2D eigenvalue weighted by molar-refractivity contribution is 7.09. The molecule has 1 aromatic rings. The first-order valence-corrected chi connectivity index (χ1v) is 8.06. The van der Waals surface area contributed by atoms with Crippen LogP contribution in [0.25, 0.3) is 0 Å². The van der Waals surface area contributed by atoms with E-state index in [2.05, 4.69) is 25.3 Å². The van der Waals surface area contributed by atoms with Crippen LogP contribution in [0.15, 0.2) is 17.5 Å². The second kappa shape index (κ2) is 6.53. The third-order valence-electron chi connectivity index (χ3n) is 3.95. The van der Waals surface area contributed by atoms with Gasteiger partial charge in [-0.2, -0.15) is 0 Å². The lowest BCUT2D eigenvalue weighted by atomic mass is 9.84. The van der Waals surface area contributed by atoms with E-state index >= 15 is 0 Å². The predicted molar refractivity (Wildman–Crippen MR) is 79.9 cm³/mol. The standard InChI is InChI=1S/C15H24N2OS/c1-11(2)17(10-12-6-5-9-19-12)15(18)13-7-3-4-8-14(13)16/h5-6,9,11,13-14H,3-4,7-8,10,16H2,1-2H3. The number of carbonyl (C=O) groups excluding carboxylic acids is 1. The summed E-state index contributed by atoms with van der Waals surface area (Å²) in [4.78, 5) is 16.0. The molecule has 3 nitrogen and oxygen atoms in total. The molecule has 2 N–H and O–H groups in total. The van der Waals surface area contributed by atoms with Gasteiger partial charge in [0.1, 0.15) is 0 Å². The SMILES string of the molecule is CC(C)N(Cc1cccs1)C(=O)C1CCCCC1N. The molecule has 0 aliphatic heterocycles. The third kappa shape index (κ3) is 3.57. The largest absolute Gasteiger partial charge is 0.335 e. The molecule has 1 fully saturated rings. The summed E-state index contributed by atoms with van der Waals surface area (Å²) >= 11 is 1.71. The van der Waals surface area contributed by atoms with Gasteiger partial charge >= 0.3 is 0 Å². The molecule has 1 heterocycles. The van der Waals surface area contributed by atoms with Gasteiger partial charge in [0.15, 0.2) is 0 Å². The van der Waals surface area contributed by atoms with E-state index in [0.29, 0.717) is 0 Å². The highest BCUT2D eigenvalue weighted by Gasteiger charge is 2.32. The summed E-state index contributed by atoms with van der Waals surface area (Å²) in [5.74, 6) is 0.270. The Morgan fingerprint density at radius 3 is 2.79 bits per heavy atom. The molecule has 1 saturated carbocycles. The molecule has 2 rings (SSSR count). The van der Waals surface area contributed by atoms with Crippen LogP contribution in [-0.4, -0.2) is 22.9 Å². The van der Waals surface area contributed by atoms with E-state index in [9.17, 15) is 4.79 Å². The van der Waals surface area contributed by atoms with Gasteiger partial charge in [-0.1, -0.05) is 18.9 Å². The molecule has 0 bridgehead atoms. The average molecular weight is 280 g/mol. The van der Waals surface area contributed by atoms with E-state index in [0.717, 1.165) is 32.2 Å². The predicted octanol–water partition coefficient (Wildman–Crippen LogP) is 3.00. The van der Waals surface area contributed by atoms with Crippen LogP contribution < -0.4 is 5.73 Å². The zero-order valence-electron chi connectivity index (χ0n) is 11.8. The third-order valence-corrected chi connectivity index (χ3v) is 4.81. The van der Waals surface area contributed by atoms with Gasteiger partial charge in [-0.25, -0.2) is 0 Å². The minimum atomic E-state index is 0.0242. The maximum absolute atomic E-state index is 12.7. The van der Waals surface area contributed by atoms with Crippen molar-refractivity contribution in [3.8, 4) is 0 Å². The van der Waals surface area contributed by atoms with Crippen molar-refractivity contribution in [2.75, 3.05) is 0 Å². The second-order valence-corrected chi connectivity index (χ2v) is 6.73. The fourth-order valence-electron chi connectivity index (χ4n) is 2.76. The fraction of sp³-hybridized carbons (Fsp3) is 0.667. The van der Waals surface area contributed by atoms with Crippen molar-refractivity contribution >= 4 is 17.2 Å². The van der Waals surface area contributed by atoms with Crippen molar-refractivity contribution in [1.29, 1.82) is 0 Å². The summed E-state index contributed by atoms with van der Waals surface area (Å²) in [6.45, 7) is 4.89. The average Bonchev–Trinajstić information content (AvgIpc) is 2.88. The molecular formula is C15H24N2OS. The first-order chi connectivity index (χ1) is 9.09. The molecule has 1 amide bonds. The molecule has 0 radical (unpaired) electrons. The zero-order chi connectivity index (χ0) is 13.8. The van der Waals surface area contributed by atoms with Gasteiger partial charge in [-0.05, 0) is 38.1 Å².